The van der Waals surface area contributed by atoms with Crippen LogP contribution in [0.4, 0.5) is 110 Å². The molecule has 8 aromatic rings. The second-order valence-electron chi connectivity index (χ2n) is 14.9. The number of hydrogen-bond donors (Lipinski definition) is 0. The van der Waals surface area contributed by atoms with Gasteiger partial charge in [0.15, 0.2) is 128 Å². The molecule has 0 aliphatic rings. The minimum absolute atomic E-state index is 0.662. The third-order valence-electron chi connectivity index (χ3n) is 11.2. The van der Waals surface area contributed by atoms with E-state index in [1.165, 1.54) is 0 Å². The van der Waals surface area contributed by atoms with Gasteiger partial charge in [-0.2, -0.15) is 0 Å². The molecule has 2 atom stereocenters. The van der Waals surface area contributed by atoms with Gasteiger partial charge < -0.3 is 0 Å². The zero-order chi connectivity index (χ0) is 55.4. The minimum atomic E-state index is -3.32. The van der Waals surface area contributed by atoms with Gasteiger partial charge in [0.2, 0.25) is 0 Å². The van der Waals surface area contributed by atoms with E-state index in [2.05, 4.69) is 0 Å². The fraction of sp³-hybridized carbons (Fsp3) is 0. The van der Waals surface area contributed by atoms with Gasteiger partial charge in [0.1, 0.15) is 17.5 Å². The van der Waals surface area contributed by atoms with Crippen LogP contribution in [0.1, 0.15) is 0 Å². The Bertz CT molecular complexity index is 3610. The van der Waals surface area contributed by atoms with Gasteiger partial charge in [-0.05, 0) is 78.4 Å². The molecular weight excluding hydrogens is 1450 g/mol. The Labute approximate surface area is 437 Å². The lowest BCUT2D eigenvalue weighted by molar-refractivity contribution is 0.412. The van der Waals surface area contributed by atoms with Crippen molar-refractivity contribution < 1.29 is 110 Å². The maximum absolute atomic E-state index is 16.3. The smallest absolute Gasteiger partial charge is 0.198 e. The normalized spacial score (nSPS) is 11.9. The Morgan fingerprint density at radius 2 is 0.351 bits per heavy atom. The van der Waals surface area contributed by atoms with Crippen LogP contribution in [-0.4, -0.2) is 0 Å². The van der Waals surface area contributed by atoms with Crippen molar-refractivity contribution in [2.75, 3.05) is 0 Å². The van der Waals surface area contributed by atoms with Crippen molar-refractivity contribution in [2.24, 2.45) is 0 Å². The van der Waals surface area contributed by atoms with Crippen LogP contribution < -0.4 is 10.6 Å². The van der Waals surface area contributed by atoms with Gasteiger partial charge in [0, 0.05) is 34.8 Å². The van der Waals surface area contributed by atoms with E-state index in [1.54, 1.807) is 18.5 Å². The summed E-state index contributed by atoms with van der Waals surface area (Å²) >= 11 is 2.83. The van der Waals surface area contributed by atoms with Gasteiger partial charge in [0.05, 0.1) is 53.1 Å². The van der Waals surface area contributed by atoms with Crippen molar-refractivity contribution in [3.63, 3.8) is 0 Å². The van der Waals surface area contributed by atoms with Gasteiger partial charge >= 0.3 is 0 Å². The van der Waals surface area contributed by atoms with Crippen molar-refractivity contribution >= 4 is 118 Å². The predicted octanol–water partition coefficient (Wildman–Crippen LogP) is 16.6. The van der Waals surface area contributed by atoms with Crippen LogP contribution >= 0.6 is 86.3 Å². The molecule has 30 heteroatoms. The van der Waals surface area contributed by atoms with Crippen molar-refractivity contribution in [2.45, 2.75) is 0 Å². The molecule has 0 amide bonds. The van der Waals surface area contributed by atoms with E-state index in [1.807, 2.05) is 0 Å². The summed E-state index contributed by atoms with van der Waals surface area (Å²) in [4.78, 5) is 0. The summed E-state index contributed by atoms with van der Waals surface area (Å²) in [6.45, 7) is 0. The van der Waals surface area contributed by atoms with Crippen molar-refractivity contribution in [3.05, 3.63) is 156 Å². The molecule has 0 bridgehead atoms. The van der Waals surface area contributed by atoms with Crippen LogP contribution in [-0.2, 0) is 0 Å². The fourth-order valence-electron chi connectivity index (χ4n) is 7.83. The van der Waals surface area contributed by atoms with Crippen LogP contribution in [0.2, 0.25) is 0 Å². The molecule has 0 aliphatic heterocycles. The maximum Gasteiger partial charge on any atom is 0.198 e. The molecule has 0 spiro atoms. The summed E-state index contributed by atoms with van der Waals surface area (Å²) in [6.07, 6.45) is 0. The van der Waals surface area contributed by atoms with E-state index in [0.29, 0.717) is 22.6 Å². The van der Waals surface area contributed by atoms with E-state index in [9.17, 15) is 39.5 Å². The SMILES string of the molecule is Fc1c(F)c(-c2c(F)c(F)c(-c3c(F)c(F)c(-c4c(P)c(P)c5c(F)c(F)c(F)c(F)c5c4F)c(I)c3I)c(I)c2F)c(F)c(F)c1-c1c(F)c(F)c(-c2c(F)c(F)c3c(F)c(F)c(F)c(F)c3c2F)c(F)c1F. The summed E-state index contributed by atoms with van der Waals surface area (Å²) in [5.74, 6) is -71.1. The molecule has 8 rings (SSSR count). The summed E-state index contributed by atoms with van der Waals surface area (Å²) < 4.78 is 381. The zero-order valence-corrected chi connectivity index (χ0v) is 42.5. The molecule has 0 radical (unpaired) electrons. The third-order valence-corrected chi connectivity index (χ3v) is 16.9. The molecule has 8 aromatic carbocycles. The maximum atomic E-state index is 16.3. The summed E-state index contributed by atoms with van der Waals surface area (Å²) in [5.41, 5.74) is -22.3. The molecule has 0 saturated carbocycles. The second-order valence-corrected chi connectivity index (χ2v) is 19.3. The lowest BCUT2D eigenvalue weighted by atomic mass is 9.91. The standard InChI is InChI=1S/C44H4F25I3P2/c45-15-1(17(47)20(50)4-2(15)28(58)36(66)37(67)29(4)59)3-18(48)21(51)5(22(52)19(3)49)6-23(53)25(55)7(26(56)24(6)54)8-27(57)31(61)10(40(70)35(8)65)11-32(62)33(63)12(42(72)41(11)71)14-16(46)9-13(43(73)44(14)74)34(64)39(69)38(68)30(9)60/h73-74H2. The summed E-state index contributed by atoms with van der Waals surface area (Å²) in [5, 5.41) is -9.08. The number of halogens is 28. The van der Waals surface area contributed by atoms with Crippen molar-refractivity contribution in [1.82, 2.24) is 0 Å². The van der Waals surface area contributed by atoms with Crippen LogP contribution in [0, 0.1) is 156 Å². The molecule has 0 N–H and O–H groups in total. The molecule has 0 aromatic heterocycles. The van der Waals surface area contributed by atoms with Crippen LogP contribution in [0.15, 0.2) is 0 Å². The highest BCUT2D eigenvalue weighted by atomic mass is 127. The highest BCUT2D eigenvalue weighted by Crippen LogP contribution is 2.50. The first kappa shape index (κ1) is 55.8. The number of fused-ring (bicyclic) bond motifs is 2. The fourth-order valence-corrected chi connectivity index (χ4v) is 11.0. The van der Waals surface area contributed by atoms with E-state index in [-0.39, 0.29) is 0 Å². The van der Waals surface area contributed by atoms with Gasteiger partial charge in [-0.25, -0.2) is 110 Å². The molecule has 0 fully saturated rings. The summed E-state index contributed by atoms with van der Waals surface area (Å²) in [6, 6.07) is 0. The number of benzene rings is 8. The molecular formula is C44H4F25I3P2. The van der Waals surface area contributed by atoms with Crippen LogP contribution in [0.25, 0.3) is 77.2 Å². The molecule has 0 aliphatic carbocycles. The Kier molecular flexibility index (Phi) is 14.5. The van der Waals surface area contributed by atoms with E-state index in [4.69, 9.17) is 0 Å². The lowest BCUT2D eigenvalue weighted by Crippen LogP contribution is -2.22. The van der Waals surface area contributed by atoms with E-state index < -0.39 is 244 Å². The zero-order valence-electron chi connectivity index (χ0n) is 33.7. The van der Waals surface area contributed by atoms with E-state index >= 15 is 70.2 Å². The van der Waals surface area contributed by atoms with Crippen LogP contribution in [0.5, 0.6) is 0 Å². The van der Waals surface area contributed by atoms with Gasteiger partial charge in [-0.15, -0.1) is 18.5 Å². The largest absolute Gasteiger partial charge is 0.205 e. The first-order valence-corrected chi connectivity index (χ1v) is 23.0. The second kappa shape index (κ2) is 19.2. The molecule has 2 unspecified atom stereocenters. The Morgan fingerprint density at radius 3 is 0.689 bits per heavy atom. The first-order chi connectivity index (χ1) is 34.3. The summed E-state index contributed by atoms with van der Waals surface area (Å²) in [7, 11) is 3.42. The minimum Gasteiger partial charge on any atom is -0.205 e. The molecule has 0 saturated heterocycles. The van der Waals surface area contributed by atoms with Crippen molar-refractivity contribution in [3.8, 4) is 55.6 Å². The Morgan fingerprint density at radius 1 is 0.162 bits per heavy atom. The van der Waals surface area contributed by atoms with Crippen LogP contribution in [0.3, 0.4) is 0 Å². The van der Waals surface area contributed by atoms with Gasteiger partial charge in [-0.3, -0.25) is 0 Å². The Balaban J connectivity index is 1.32. The third kappa shape index (κ3) is 7.52. The number of hydrogen-bond acceptors (Lipinski definition) is 0. The Hall–Kier alpha value is -4.42. The molecule has 0 heterocycles. The average Bonchev–Trinajstić information content (AvgIpc) is 3.35. The monoisotopic (exact) mass is 1450 g/mol. The highest BCUT2D eigenvalue weighted by molar-refractivity contribution is 14.1. The number of rotatable bonds is 5. The highest BCUT2D eigenvalue weighted by Gasteiger charge is 2.41. The van der Waals surface area contributed by atoms with Gasteiger partial charge in [0.25, 0.3) is 0 Å². The molecule has 0 nitrogen and oxygen atoms in total. The topological polar surface area (TPSA) is 0 Å². The predicted molar refractivity (Wildman–Crippen MR) is 244 cm³/mol. The lowest BCUT2D eigenvalue weighted by Gasteiger charge is -2.21. The van der Waals surface area contributed by atoms with Crippen molar-refractivity contribution in [1.29, 1.82) is 0 Å². The average molecular weight is 1450 g/mol. The first-order valence-electron chi connectivity index (χ1n) is 18.6. The molecule has 74 heavy (non-hydrogen) atoms. The van der Waals surface area contributed by atoms with Gasteiger partial charge in [-0.1, -0.05) is 0 Å². The van der Waals surface area contributed by atoms with E-state index in [0.717, 1.165) is 45.2 Å². The molecule has 386 valence electrons. The quantitative estimate of drug-likeness (QED) is 0.0530.